The van der Waals surface area contributed by atoms with E-state index in [0.717, 1.165) is 16.7 Å². The number of hydrogen-bond acceptors (Lipinski definition) is 6. The van der Waals surface area contributed by atoms with Crippen LogP contribution in [0.3, 0.4) is 0 Å². The van der Waals surface area contributed by atoms with E-state index in [9.17, 15) is 14.4 Å². The molecule has 0 heterocycles. The van der Waals surface area contributed by atoms with Crippen LogP contribution in [0.5, 0.6) is 17.2 Å². The molecule has 0 fully saturated rings. The monoisotopic (exact) mass is 516 g/mol. The van der Waals surface area contributed by atoms with Crippen LogP contribution in [-0.4, -0.2) is 17.9 Å². The molecule has 6 nitrogen and oxygen atoms in total. The van der Waals surface area contributed by atoms with Crippen LogP contribution in [0.25, 0.3) is 18.2 Å². The molecule has 0 saturated carbocycles. The lowest BCUT2D eigenvalue weighted by molar-refractivity contribution is -0.129. The second-order valence-electron chi connectivity index (χ2n) is 8.14. The molecule has 0 aliphatic heterocycles. The van der Waals surface area contributed by atoms with Crippen molar-refractivity contribution in [2.24, 2.45) is 0 Å². The van der Waals surface area contributed by atoms with Crippen molar-refractivity contribution < 1.29 is 28.6 Å². The Morgan fingerprint density at radius 2 is 0.667 bits per heavy atom. The molecule has 0 unspecified atom stereocenters. The minimum atomic E-state index is -0.660. The summed E-state index contributed by atoms with van der Waals surface area (Å²) >= 11 is 0. The molecule has 0 atom stereocenters. The van der Waals surface area contributed by atoms with Crippen LogP contribution < -0.4 is 14.2 Å². The first-order valence-corrected chi connectivity index (χ1v) is 12.0. The SMILES string of the molecule is O=C(C=Cc1ccccc1)Oc1cc(OC(=O)C=Cc2ccccc2)cc(OC(=O)C=Cc2ccccc2)c1. The normalized spacial score (nSPS) is 11.1. The Morgan fingerprint density at radius 1 is 0.410 bits per heavy atom. The number of carbonyl (C=O) groups is 3. The van der Waals surface area contributed by atoms with E-state index in [2.05, 4.69) is 0 Å². The van der Waals surface area contributed by atoms with Crippen LogP contribution in [0.4, 0.5) is 0 Å². The third-order valence-electron chi connectivity index (χ3n) is 5.14. The zero-order chi connectivity index (χ0) is 27.3. The summed E-state index contributed by atoms with van der Waals surface area (Å²) in [5.74, 6) is -1.88. The Kier molecular flexibility index (Phi) is 9.34. The minimum absolute atomic E-state index is 0.0323. The molecule has 0 bridgehead atoms. The van der Waals surface area contributed by atoms with E-state index in [1.807, 2.05) is 91.0 Å². The van der Waals surface area contributed by atoms with Crippen LogP contribution in [0.1, 0.15) is 16.7 Å². The first-order valence-electron chi connectivity index (χ1n) is 12.0. The zero-order valence-electron chi connectivity index (χ0n) is 20.8. The lowest BCUT2D eigenvalue weighted by Gasteiger charge is -2.09. The predicted octanol–water partition coefficient (Wildman–Crippen LogP) is 6.54. The van der Waals surface area contributed by atoms with Crippen molar-refractivity contribution in [3.63, 3.8) is 0 Å². The highest BCUT2D eigenvalue weighted by Crippen LogP contribution is 2.29. The molecular weight excluding hydrogens is 492 g/mol. The summed E-state index contributed by atoms with van der Waals surface area (Å²) in [5.41, 5.74) is 2.46. The van der Waals surface area contributed by atoms with Crippen LogP contribution in [0.2, 0.25) is 0 Å². The highest BCUT2D eigenvalue weighted by Gasteiger charge is 2.12. The predicted molar refractivity (Wildman–Crippen MR) is 150 cm³/mol. The largest absolute Gasteiger partial charge is 0.423 e. The fourth-order valence-corrected chi connectivity index (χ4v) is 3.36. The molecule has 192 valence electrons. The van der Waals surface area contributed by atoms with Crippen LogP contribution in [0.15, 0.2) is 127 Å². The lowest BCUT2D eigenvalue weighted by Crippen LogP contribution is -2.08. The topological polar surface area (TPSA) is 78.9 Å². The fourth-order valence-electron chi connectivity index (χ4n) is 3.36. The number of rotatable bonds is 9. The van der Waals surface area contributed by atoms with E-state index in [1.54, 1.807) is 18.2 Å². The van der Waals surface area contributed by atoms with Crippen molar-refractivity contribution in [2.75, 3.05) is 0 Å². The van der Waals surface area contributed by atoms with Gasteiger partial charge in [0.15, 0.2) is 0 Å². The molecule has 0 aromatic heterocycles. The van der Waals surface area contributed by atoms with Gasteiger partial charge in [-0.05, 0) is 34.9 Å². The first kappa shape index (κ1) is 26.6. The summed E-state index contributed by atoms with van der Waals surface area (Å²) in [7, 11) is 0. The summed E-state index contributed by atoms with van der Waals surface area (Å²) in [6.45, 7) is 0. The maximum absolute atomic E-state index is 12.4. The number of hydrogen-bond donors (Lipinski definition) is 0. The molecule has 4 rings (SSSR count). The van der Waals surface area contributed by atoms with Crippen molar-refractivity contribution in [2.45, 2.75) is 0 Å². The molecule has 0 spiro atoms. The van der Waals surface area contributed by atoms with E-state index in [-0.39, 0.29) is 17.2 Å². The molecule has 0 saturated heterocycles. The second-order valence-corrected chi connectivity index (χ2v) is 8.14. The van der Waals surface area contributed by atoms with Gasteiger partial charge in [-0.15, -0.1) is 0 Å². The molecule has 39 heavy (non-hydrogen) atoms. The van der Waals surface area contributed by atoms with Crippen LogP contribution >= 0.6 is 0 Å². The molecular formula is C33H24O6. The summed E-state index contributed by atoms with van der Waals surface area (Å²) in [6, 6.07) is 31.8. The fraction of sp³-hybridized carbons (Fsp3) is 0. The van der Waals surface area contributed by atoms with Gasteiger partial charge >= 0.3 is 17.9 Å². The third-order valence-corrected chi connectivity index (χ3v) is 5.14. The Hall–Kier alpha value is -5.49. The summed E-state index contributed by atoms with van der Waals surface area (Å²) in [6.07, 6.45) is 8.63. The van der Waals surface area contributed by atoms with Crippen molar-refractivity contribution in [3.05, 3.63) is 144 Å². The zero-order valence-corrected chi connectivity index (χ0v) is 20.8. The van der Waals surface area contributed by atoms with Gasteiger partial charge in [-0.1, -0.05) is 91.0 Å². The molecule has 0 amide bonds. The molecule has 0 radical (unpaired) electrons. The highest BCUT2D eigenvalue weighted by atomic mass is 16.6. The average molecular weight is 517 g/mol. The quantitative estimate of drug-likeness (QED) is 0.143. The van der Waals surface area contributed by atoms with Crippen molar-refractivity contribution in [3.8, 4) is 17.2 Å². The van der Waals surface area contributed by atoms with Gasteiger partial charge in [0.2, 0.25) is 0 Å². The Labute approximate surface area is 226 Å². The van der Waals surface area contributed by atoms with E-state index in [1.165, 1.54) is 36.4 Å². The van der Waals surface area contributed by atoms with Gasteiger partial charge in [0, 0.05) is 36.4 Å². The standard InChI is InChI=1S/C33H24O6/c34-31(19-16-25-10-4-1-5-11-25)37-28-22-29(38-32(35)20-17-26-12-6-2-7-13-26)24-30(23-28)39-33(36)21-18-27-14-8-3-9-15-27/h1-24H. The maximum atomic E-state index is 12.4. The van der Waals surface area contributed by atoms with Gasteiger partial charge in [0.05, 0.1) is 0 Å². The van der Waals surface area contributed by atoms with E-state index in [0.29, 0.717) is 0 Å². The highest BCUT2D eigenvalue weighted by molar-refractivity contribution is 5.91. The van der Waals surface area contributed by atoms with Crippen molar-refractivity contribution >= 4 is 36.1 Å². The van der Waals surface area contributed by atoms with E-state index >= 15 is 0 Å². The van der Waals surface area contributed by atoms with Gasteiger partial charge in [-0.2, -0.15) is 0 Å². The minimum Gasteiger partial charge on any atom is -0.423 e. The Bertz CT molecular complexity index is 1310. The Balaban J connectivity index is 1.50. The summed E-state index contributed by atoms with van der Waals surface area (Å²) < 4.78 is 16.2. The maximum Gasteiger partial charge on any atom is 0.336 e. The molecule has 6 heteroatoms. The number of esters is 3. The smallest absolute Gasteiger partial charge is 0.336 e. The van der Waals surface area contributed by atoms with Crippen molar-refractivity contribution in [1.29, 1.82) is 0 Å². The average Bonchev–Trinajstić information content (AvgIpc) is 2.95. The summed E-state index contributed by atoms with van der Waals surface area (Å²) in [4.78, 5) is 37.3. The van der Waals surface area contributed by atoms with Crippen LogP contribution in [0, 0.1) is 0 Å². The second kappa shape index (κ2) is 13.7. The molecule has 0 aliphatic carbocycles. The van der Waals surface area contributed by atoms with Gasteiger partial charge < -0.3 is 14.2 Å². The van der Waals surface area contributed by atoms with Crippen LogP contribution in [-0.2, 0) is 14.4 Å². The van der Waals surface area contributed by atoms with Gasteiger partial charge in [0.1, 0.15) is 17.2 Å². The number of benzene rings is 4. The molecule has 0 N–H and O–H groups in total. The van der Waals surface area contributed by atoms with Crippen molar-refractivity contribution in [1.82, 2.24) is 0 Å². The van der Waals surface area contributed by atoms with E-state index < -0.39 is 17.9 Å². The van der Waals surface area contributed by atoms with E-state index in [4.69, 9.17) is 14.2 Å². The van der Waals surface area contributed by atoms with Gasteiger partial charge in [0.25, 0.3) is 0 Å². The van der Waals surface area contributed by atoms with Gasteiger partial charge in [-0.25, -0.2) is 14.4 Å². The third kappa shape index (κ3) is 9.15. The Morgan fingerprint density at radius 3 is 0.923 bits per heavy atom. The molecule has 4 aromatic carbocycles. The number of carbonyl (C=O) groups excluding carboxylic acids is 3. The summed E-state index contributed by atoms with van der Waals surface area (Å²) in [5, 5.41) is 0. The van der Waals surface area contributed by atoms with Gasteiger partial charge in [-0.3, -0.25) is 0 Å². The molecule has 4 aromatic rings. The lowest BCUT2D eigenvalue weighted by atomic mass is 10.2. The molecule has 0 aliphatic rings. The number of ether oxygens (including phenoxy) is 3. The first-order chi connectivity index (χ1) is 19.0.